The van der Waals surface area contributed by atoms with E-state index >= 15 is 0 Å². The Morgan fingerprint density at radius 3 is 2.70 bits per heavy atom. The summed E-state index contributed by atoms with van der Waals surface area (Å²) < 4.78 is 19.8. The quantitative estimate of drug-likeness (QED) is 0.572. The number of nitrogens with zero attached hydrogens (tertiary/aromatic N) is 1. The van der Waals surface area contributed by atoms with Crippen LogP contribution in [0.5, 0.6) is 0 Å². The molecule has 2 aliphatic heterocycles. The third kappa shape index (κ3) is 2.62. The van der Waals surface area contributed by atoms with E-state index in [2.05, 4.69) is 21.2 Å². The summed E-state index contributed by atoms with van der Waals surface area (Å²) in [5.74, 6) is -1.69. The molecule has 3 aromatic rings. The Labute approximate surface area is 181 Å². The molecule has 1 spiro atoms. The van der Waals surface area contributed by atoms with E-state index in [0.717, 1.165) is 15.6 Å². The number of hydrogen-bond acceptors (Lipinski definition) is 4. The van der Waals surface area contributed by atoms with Crippen LogP contribution < -0.4 is 5.32 Å². The monoisotopic (exact) mass is 468 g/mol. The molecule has 1 aromatic heterocycles. The molecule has 3 atom stereocenters. The number of fused-ring (bicyclic) bond motifs is 2. The fourth-order valence-electron chi connectivity index (χ4n) is 4.99. The number of likely N-dealkylation sites (tertiary alicyclic amines) is 1. The lowest BCUT2D eigenvalue weighted by atomic mass is 9.71. The normalized spacial score (nSPS) is 25.5. The first-order valence-corrected chi connectivity index (χ1v) is 10.4. The SMILES string of the molecule is CN1C[C@H](c2ccc(F)cc2)C(C(=O)c2ccco2)[C@]12C(=O)Nc1ccc(Br)cc12. The summed E-state index contributed by atoms with van der Waals surface area (Å²) in [6, 6.07) is 15.0. The molecule has 30 heavy (non-hydrogen) atoms. The Bertz CT molecular complexity index is 1150. The van der Waals surface area contributed by atoms with Crippen LogP contribution in [0, 0.1) is 11.7 Å². The summed E-state index contributed by atoms with van der Waals surface area (Å²) in [5, 5.41) is 2.95. The average Bonchev–Trinajstić information content (AvgIpc) is 3.42. The van der Waals surface area contributed by atoms with Crippen molar-refractivity contribution < 1.29 is 18.4 Å². The maximum Gasteiger partial charge on any atom is 0.250 e. The fourth-order valence-corrected chi connectivity index (χ4v) is 5.35. The lowest BCUT2D eigenvalue weighted by Gasteiger charge is -2.35. The molecule has 2 aliphatic rings. The van der Waals surface area contributed by atoms with Crippen molar-refractivity contribution in [3.63, 3.8) is 0 Å². The van der Waals surface area contributed by atoms with Crippen LogP contribution in [0.3, 0.4) is 0 Å². The largest absolute Gasteiger partial charge is 0.461 e. The number of Topliss-reactive ketones (excluding diaryl/α,β-unsaturated/α-hetero) is 1. The molecule has 0 radical (unpaired) electrons. The van der Waals surface area contributed by atoms with Gasteiger partial charge in [-0.1, -0.05) is 28.1 Å². The van der Waals surface area contributed by atoms with E-state index in [1.54, 1.807) is 24.3 Å². The maximum atomic E-state index is 13.7. The van der Waals surface area contributed by atoms with Crippen molar-refractivity contribution in [3.05, 3.63) is 88.0 Å². The van der Waals surface area contributed by atoms with E-state index in [4.69, 9.17) is 4.42 Å². The van der Waals surface area contributed by atoms with Crippen molar-refractivity contribution in [1.82, 2.24) is 4.90 Å². The van der Waals surface area contributed by atoms with Gasteiger partial charge in [-0.05, 0) is 55.1 Å². The van der Waals surface area contributed by atoms with Crippen LogP contribution in [-0.4, -0.2) is 30.2 Å². The number of anilines is 1. The minimum Gasteiger partial charge on any atom is -0.461 e. The standard InChI is InChI=1S/C23H18BrFN2O3/c1-27-12-16(13-4-7-15(25)8-5-13)20(21(28)19-3-2-10-30-19)23(27)17-11-14(24)6-9-18(17)26-22(23)29/h2-11,16,20H,12H2,1H3,(H,26,29)/t16-,20?,23-/m1/s1. The van der Waals surface area contributed by atoms with Crippen molar-refractivity contribution in [2.75, 3.05) is 18.9 Å². The number of amides is 1. The summed E-state index contributed by atoms with van der Waals surface area (Å²) in [5.41, 5.74) is 1.05. The first kappa shape index (κ1) is 19.2. The van der Waals surface area contributed by atoms with E-state index in [1.807, 2.05) is 30.1 Å². The van der Waals surface area contributed by atoms with Gasteiger partial charge in [0.15, 0.2) is 5.76 Å². The predicted molar refractivity (Wildman–Crippen MR) is 113 cm³/mol. The van der Waals surface area contributed by atoms with Gasteiger partial charge in [0, 0.05) is 28.2 Å². The van der Waals surface area contributed by atoms with Gasteiger partial charge in [-0.3, -0.25) is 14.5 Å². The molecule has 1 fully saturated rings. The zero-order chi connectivity index (χ0) is 21.0. The van der Waals surface area contributed by atoms with Crippen LogP contribution in [0.2, 0.25) is 0 Å². The zero-order valence-corrected chi connectivity index (χ0v) is 17.6. The molecule has 5 rings (SSSR count). The molecule has 7 heteroatoms. The Hall–Kier alpha value is -2.77. The summed E-state index contributed by atoms with van der Waals surface area (Å²) in [4.78, 5) is 29.1. The van der Waals surface area contributed by atoms with Crippen molar-refractivity contribution in [2.45, 2.75) is 11.5 Å². The first-order chi connectivity index (χ1) is 14.4. The van der Waals surface area contributed by atoms with E-state index < -0.39 is 11.5 Å². The average molecular weight is 469 g/mol. The number of rotatable bonds is 3. The lowest BCUT2D eigenvalue weighted by molar-refractivity contribution is -0.126. The molecule has 3 heterocycles. The van der Waals surface area contributed by atoms with Gasteiger partial charge in [-0.2, -0.15) is 0 Å². The third-order valence-electron chi connectivity index (χ3n) is 6.26. The number of carbonyl (C=O) groups is 2. The molecule has 1 amide bonds. The maximum absolute atomic E-state index is 13.7. The summed E-state index contributed by atoms with van der Waals surface area (Å²) in [6.07, 6.45) is 1.45. The molecule has 152 valence electrons. The van der Waals surface area contributed by atoms with Crippen LogP contribution in [0.4, 0.5) is 10.1 Å². The molecule has 2 aromatic carbocycles. The highest BCUT2D eigenvalue weighted by molar-refractivity contribution is 9.10. The van der Waals surface area contributed by atoms with Gasteiger partial charge in [-0.15, -0.1) is 0 Å². The number of carbonyl (C=O) groups excluding carboxylic acids is 2. The summed E-state index contributed by atoms with van der Waals surface area (Å²) in [7, 11) is 1.85. The Balaban J connectivity index is 1.74. The molecule has 0 saturated carbocycles. The van der Waals surface area contributed by atoms with Gasteiger partial charge < -0.3 is 9.73 Å². The second kappa shape index (κ2) is 6.89. The fraction of sp³-hybridized carbons (Fsp3) is 0.217. The molecular weight excluding hydrogens is 451 g/mol. The van der Waals surface area contributed by atoms with Crippen molar-refractivity contribution in [2.24, 2.45) is 5.92 Å². The summed E-state index contributed by atoms with van der Waals surface area (Å²) in [6.45, 7) is 0.460. The smallest absolute Gasteiger partial charge is 0.250 e. The number of furan rings is 1. The number of benzene rings is 2. The van der Waals surface area contributed by atoms with Crippen LogP contribution in [0.25, 0.3) is 0 Å². The van der Waals surface area contributed by atoms with Gasteiger partial charge in [0.2, 0.25) is 11.7 Å². The van der Waals surface area contributed by atoms with Gasteiger partial charge in [-0.25, -0.2) is 4.39 Å². The van der Waals surface area contributed by atoms with E-state index in [-0.39, 0.29) is 29.2 Å². The van der Waals surface area contributed by atoms with Gasteiger partial charge in [0.1, 0.15) is 11.4 Å². The van der Waals surface area contributed by atoms with Crippen molar-refractivity contribution in [1.29, 1.82) is 0 Å². The highest BCUT2D eigenvalue weighted by Gasteiger charge is 2.64. The number of halogens is 2. The molecule has 0 bridgehead atoms. The van der Waals surface area contributed by atoms with E-state index in [0.29, 0.717) is 12.2 Å². The van der Waals surface area contributed by atoms with Crippen molar-refractivity contribution in [3.8, 4) is 0 Å². The van der Waals surface area contributed by atoms with E-state index in [1.165, 1.54) is 18.4 Å². The molecule has 1 unspecified atom stereocenters. The number of hydrogen-bond donors (Lipinski definition) is 1. The molecule has 1 saturated heterocycles. The first-order valence-electron chi connectivity index (χ1n) is 9.59. The topological polar surface area (TPSA) is 62.6 Å². The Morgan fingerprint density at radius 1 is 1.23 bits per heavy atom. The van der Waals surface area contributed by atoms with Crippen LogP contribution in [0.15, 0.2) is 69.8 Å². The Kier molecular flexibility index (Phi) is 4.41. The third-order valence-corrected chi connectivity index (χ3v) is 6.75. The van der Waals surface area contributed by atoms with Crippen molar-refractivity contribution >= 4 is 33.3 Å². The Morgan fingerprint density at radius 2 is 2.00 bits per heavy atom. The van der Waals surface area contributed by atoms with E-state index in [9.17, 15) is 14.0 Å². The van der Waals surface area contributed by atoms with Crippen LogP contribution >= 0.6 is 15.9 Å². The highest BCUT2D eigenvalue weighted by Crippen LogP contribution is 2.56. The minimum atomic E-state index is -1.19. The van der Waals surface area contributed by atoms with Gasteiger partial charge in [0.05, 0.1) is 12.2 Å². The minimum absolute atomic E-state index is 0.207. The number of likely N-dealkylation sites (N-methyl/N-ethyl adjacent to an activating group) is 1. The van der Waals surface area contributed by atoms with Crippen LogP contribution in [-0.2, 0) is 10.3 Å². The zero-order valence-electron chi connectivity index (χ0n) is 16.1. The number of nitrogens with one attached hydrogen (secondary N) is 1. The van der Waals surface area contributed by atoms with Gasteiger partial charge in [0.25, 0.3) is 0 Å². The molecule has 1 N–H and O–H groups in total. The summed E-state index contributed by atoms with van der Waals surface area (Å²) >= 11 is 3.50. The number of ketones is 1. The molecule has 5 nitrogen and oxygen atoms in total. The highest BCUT2D eigenvalue weighted by atomic mass is 79.9. The second-order valence-electron chi connectivity index (χ2n) is 7.77. The lowest BCUT2D eigenvalue weighted by Crippen LogP contribution is -2.51. The van der Waals surface area contributed by atoms with Gasteiger partial charge >= 0.3 is 0 Å². The molecular formula is C23H18BrFN2O3. The predicted octanol–water partition coefficient (Wildman–Crippen LogP) is 4.56. The van der Waals surface area contributed by atoms with Crippen LogP contribution in [0.1, 0.15) is 27.6 Å². The molecule has 0 aliphatic carbocycles. The second-order valence-corrected chi connectivity index (χ2v) is 8.68.